The number of hydrogen-bond donors (Lipinski definition) is 4. The van der Waals surface area contributed by atoms with Crippen molar-refractivity contribution >= 4 is 63.3 Å². The summed E-state index contributed by atoms with van der Waals surface area (Å²) in [6.07, 6.45) is -4.53. The molecule has 0 fully saturated rings. The molecular weight excluding hydrogens is 183 g/mol. The van der Waals surface area contributed by atoms with Crippen LogP contribution in [0.15, 0.2) is 0 Å². The molecule has 2 atom stereocenters. The molecule has 1 radical (unpaired) electrons. The zero-order valence-corrected chi connectivity index (χ0v) is 8.88. The van der Waals surface area contributed by atoms with Crippen LogP contribution in [-0.2, 0) is 9.59 Å². The van der Waals surface area contributed by atoms with E-state index in [9.17, 15) is 9.59 Å². The first kappa shape index (κ1) is 14.0. The van der Waals surface area contributed by atoms with Crippen molar-refractivity contribution in [2.24, 2.45) is 0 Å². The molecule has 0 aromatic carbocycles. The van der Waals surface area contributed by atoms with Gasteiger partial charge >= 0.3 is 11.9 Å². The molecule has 0 aromatic heterocycles. The van der Waals surface area contributed by atoms with Crippen LogP contribution in [0.2, 0.25) is 0 Å². The Morgan fingerprint density at radius 1 is 0.909 bits per heavy atom. The van der Waals surface area contributed by atoms with Crippen LogP contribution in [0.4, 0.5) is 0 Å². The summed E-state index contributed by atoms with van der Waals surface area (Å²) in [5.41, 5.74) is 0. The Hall–Kier alpha value is 0.496. The molecule has 0 aliphatic rings. The Balaban J connectivity index is 0. The average Bonchev–Trinajstić information content (AvgIpc) is 1.84. The third-order valence-corrected chi connectivity index (χ3v) is 0.805. The quantitative estimate of drug-likeness (QED) is 0.365. The minimum absolute atomic E-state index is 0. The van der Waals surface area contributed by atoms with Crippen molar-refractivity contribution in [1.82, 2.24) is 0 Å². The van der Waals surface area contributed by atoms with E-state index < -0.39 is 24.1 Å². The Kier molecular flexibility index (Phi) is 7.74. The third kappa shape index (κ3) is 4.85. The second kappa shape index (κ2) is 6.06. The van der Waals surface area contributed by atoms with Gasteiger partial charge in [0.15, 0.2) is 12.2 Å². The summed E-state index contributed by atoms with van der Waals surface area (Å²) < 4.78 is 0. The van der Waals surface area contributed by atoms with E-state index >= 15 is 0 Å². The zero-order valence-electron chi connectivity index (χ0n) is 5.76. The van der Waals surface area contributed by atoms with Crippen molar-refractivity contribution in [3.8, 4) is 0 Å². The zero-order chi connectivity index (χ0) is 8.31. The molecule has 6 nitrogen and oxygen atoms in total. The fraction of sp³-hybridized carbons (Fsp3) is 0.500. The van der Waals surface area contributed by atoms with Crippen molar-refractivity contribution in [1.29, 1.82) is 0 Å². The maximum atomic E-state index is 9.77. The molecule has 7 heteroatoms. The molecule has 0 aliphatic heterocycles. The minimum Gasteiger partial charge on any atom is -0.479 e. The van der Waals surface area contributed by atoms with Gasteiger partial charge in [0.1, 0.15) is 0 Å². The van der Waals surface area contributed by atoms with Gasteiger partial charge in [0, 0.05) is 51.4 Å². The Labute approximate surface area is 104 Å². The number of rotatable bonds is 3. The summed E-state index contributed by atoms with van der Waals surface area (Å²) >= 11 is 0. The molecule has 0 aliphatic carbocycles. The topological polar surface area (TPSA) is 115 Å². The number of aliphatic carboxylic acids is 2. The summed E-state index contributed by atoms with van der Waals surface area (Å²) in [6, 6.07) is 0. The van der Waals surface area contributed by atoms with E-state index in [0.29, 0.717) is 0 Å². The van der Waals surface area contributed by atoms with Gasteiger partial charge in [-0.05, 0) is 0 Å². The second-order valence-electron chi connectivity index (χ2n) is 1.57. The monoisotopic (exact) mass is 189 g/mol. The van der Waals surface area contributed by atoms with Crippen molar-refractivity contribution in [3.05, 3.63) is 0 Å². The normalized spacial score (nSPS) is 14.4. The molecule has 0 heterocycles. The molecule has 59 valence electrons. The van der Waals surface area contributed by atoms with Crippen molar-refractivity contribution in [2.75, 3.05) is 0 Å². The van der Waals surface area contributed by atoms with Crippen LogP contribution in [0.5, 0.6) is 0 Å². The van der Waals surface area contributed by atoms with Gasteiger partial charge in [-0.25, -0.2) is 9.59 Å². The molecule has 4 N–H and O–H groups in total. The largest absolute Gasteiger partial charge is 0.479 e. The van der Waals surface area contributed by atoms with Crippen LogP contribution in [-0.4, -0.2) is 96.0 Å². The number of carbonyl (C=O) groups is 2. The summed E-state index contributed by atoms with van der Waals surface area (Å²) in [5, 5.41) is 32.5. The summed E-state index contributed by atoms with van der Waals surface area (Å²) in [7, 11) is 0. The first-order valence-corrected chi connectivity index (χ1v) is 2.28. The minimum atomic E-state index is -2.27. The first-order valence-electron chi connectivity index (χ1n) is 2.28. The predicted octanol–water partition coefficient (Wildman–Crippen LogP) is -2.50. The molecule has 0 amide bonds. The molecule has 0 saturated heterocycles. The number of aliphatic hydroxyl groups excluding tert-OH is 2. The third-order valence-electron chi connectivity index (χ3n) is 0.805. The molecule has 0 aromatic rings. The molecule has 0 bridgehead atoms. The van der Waals surface area contributed by atoms with Crippen LogP contribution in [0, 0.1) is 0 Å². The van der Waals surface area contributed by atoms with Crippen LogP contribution in [0.25, 0.3) is 0 Å². The summed E-state index contributed by atoms with van der Waals surface area (Å²) in [6.45, 7) is 0. The van der Waals surface area contributed by atoms with Crippen molar-refractivity contribution in [3.63, 3.8) is 0 Å². The van der Waals surface area contributed by atoms with Crippen LogP contribution < -0.4 is 0 Å². The molecule has 0 rings (SSSR count). The van der Waals surface area contributed by atoms with Gasteiger partial charge in [-0.1, -0.05) is 0 Å². The summed E-state index contributed by atoms with van der Waals surface area (Å²) in [5.74, 6) is -3.54. The number of carboxylic acids is 2. The molecule has 11 heavy (non-hydrogen) atoms. The van der Waals surface area contributed by atoms with Gasteiger partial charge in [-0.2, -0.15) is 0 Å². The van der Waals surface area contributed by atoms with Crippen molar-refractivity contribution < 1.29 is 30.0 Å². The van der Waals surface area contributed by atoms with Gasteiger partial charge in [0.25, 0.3) is 0 Å². The van der Waals surface area contributed by atoms with Gasteiger partial charge in [-0.3, -0.25) is 0 Å². The van der Waals surface area contributed by atoms with Gasteiger partial charge < -0.3 is 20.4 Å². The van der Waals surface area contributed by atoms with E-state index in [0.717, 1.165) is 0 Å². The molecule has 0 saturated carbocycles. The fourth-order valence-corrected chi connectivity index (χ4v) is 0.270. The predicted molar refractivity (Wildman–Crippen MR) is 33.0 cm³/mol. The standard InChI is InChI=1S/C4H6O6.K/c5-1(3(7)8)2(6)4(9)10;/h1-2,5-6H,(H,7,8)(H,9,10);. The Morgan fingerprint density at radius 3 is 1.18 bits per heavy atom. The maximum Gasteiger partial charge on any atom is 0.335 e. The smallest absolute Gasteiger partial charge is 0.335 e. The van der Waals surface area contributed by atoms with Crippen LogP contribution in [0.1, 0.15) is 0 Å². The molecule has 0 spiro atoms. The van der Waals surface area contributed by atoms with Gasteiger partial charge in [-0.15, -0.1) is 0 Å². The molecular formula is C4H6KO6. The van der Waals surface area contributed by atoms with Crippen LogP contribution in [0.3, 0.4) is 0 Å². The van der Waals surface area contributed by atoms with E-state index in [-0.39, 0.29) is 51.4 Å². The maximum absolute atomic E-state index is 9.77. The van der Waals surface area contributed by atoms with Crippen molar-refractivity contribution in [2.45, 2.75) is 12.2 Å². The number of carboxylic acid groups (broad SMARTS) is 2. The Morgan fingerprint density at radius 2 is 1.09 bits per heavy atom. The van der Waals surface area contributed by atoms with Gasteiger partial charge in [0.05, 0.1) is 0 Å². The van der Waals surface area contributed by atoms with E-state index in [1.807, 2.05) is 0 Å². The molecule has 2 unspecified atom stereocenters. The number of hydrogen-bond acceptors (Lipinski definition) is 4. The first-order chi connectivity index (χ1) is 4.46. The Bertz CT molecular complexity index is 139. The SMILES string of the molecule is O=C(O)C(O)C(O)C(=O)O.[K]. The van der Waals surface area contributed by atoms with Gasteiger partial charge in [0.2, 0.25) is 0 Å². The second-order valence-corrected chi connectivity index (χ2v) is 1.57. The van der Waals surface area contributed by atoms with E-state index in [2.05, 4.69) is 0 Å². The summed E-state index contributed by atoms with van der Waals surface area (Å²) in [4.78, 5) is 19.5. The number of aliphatic hydroxyl groups is 2. The van der Waals surface area contributed by atoms with E-state index in [1.165, 1.54) is 0 Å². The van der Waals surface area contributed by atoms with E-state index in [4.69, 9.17) is 20.4 Å². The van der Waals surface area contributed by atoms with E-state index in [1.54, 1.807) is 0 Å². The average molecular weight is 189 g/mol. The van der Waals surface area contributed by atoms with Crippen LogP contribution >= 0.6 is 0 Å². The fourth-order valence-electron chi connectivity index (χ4n) is 0.270.